The van der Waals surface area contributed by atoms with Gasteiger partial charge in [0.1, 0.15) is 0 Å². The van der Waals surface area contributed by atoms with Gasteiger partial charge in [0.2, 0.25) is 5.91 Å². The van der Waals surface area contributed by atoms with E-state index in [1.807, 2.05) is 0 Å². The molecule has 3 nitrogen and oxygen atoms in total. The lowest BCUT2D eigenvalue weighted by molar-refractivity contribution is -0.124. The number of amides is 1. The van der Waals surface area contributed by atoms with Gasteiger partial charge in [-0.3, -0.25) is 4.79 Å². The quantitative estimate of drug-likeness (QED) is 0.767. The molecule has 1 atom stereocenters. The number of thioether (sulfide) groups is 1. The molecule has 4 heteroatoms. The summed E-state index contributed by atoms with van der Waals surface area (Å²) in [5.41, 5.74) is 5.98. The van der Waals surface area contributed by atoms with Crippen molar-refractivity contribution in [3.05, 3.63) is 0 Å². The second-order valence-corrected chi connectivity index (χ2v) is 6.28. The van der Waals surface area contributed by atoms with Gasteiger partial charge in [-0.25, -0.2) is 0 Å². The van der Waals surface area contributed by atoms with Gasteiger partial charge < -0.3 is 11.1 Å². The predicted molar refractivity (Wildman–Crippen MR) is 75.2 cm³/mol. The zero-order valence-electron chi connectivity index (χ0n) is 11.1. The average Bonchev–Trinajstić information content (AvgIpc) is 2.30. The van der Waals surface area contributed by atoms with Crippen LogP contribution in [-0.2, 0) is 4.79 Å². The van der Waals surface area contributed by atoms with Crippen LogP contribution < -0.4 is 11.1 Å². The summed E-state index contributed by atoms with van der Waals surface area (Å²) in [5, 5.41) is 3.07. The Morgan fingerprint density at radius 3 is 2.59 bits per heavy atom. The highest BCUT2D eigenvalue weighted by Crippen LogP contribution is 2.38. The van der Waals surface area contributed by atoms with Crippen molar-refractivity contribution in [1.29, 1.82) is 0 Å². The van der Waals surface area contributed by atoms with E-state index in [2.05, 4.69) is 18.5 Å². The number of carbonyl (C=O) groups excluding carboxylic acids is 1. The number of nitrogens with two attached hydrogens (primary N) is 1. The molecule has 1 unspecified atom stereocenters. The molecule has 1 amide bonds. The first-order valence-corrected chi connectivity index (χ1v) is 8.00. The topological polar surface area (TPSA) is 55.1 Å². The van der Waals surface area contributed by atoms with E-state index in [-0.39, 0.29) is 17.4 Å². The first-order chi connectivity index (χ1) is 8.12. The van der Waals surface area contributed by atoms with Crippen LogP contribution in [-0.4, -0.2) is 30.5 Å². The highest BCUT2D eigenvalue weighted by molar-refractivity contribution is 7.98. The molecule has 0 spiro atoms. The van der Waals surface area contributed by atoms with Crippen LogP contribution in [0.25, 0.3) is 0 Å². The van der Waals surface area contributed by atoms with Gasteiger partial charge in [-0.05, 0) is 38.0 Å². The first kappa shape index (κ1) is 14.8. The molecule has 0 aromatic carbocycles. The van der Waals surface area contributed by atoms with Crippen molar-refractivity contribution in [2.45, 2.75) is 51.5 Å². The highest BCUT2D eigenvalue weighted by atomic mass is 32.2. The summed E-state index contributed by atoms with van der Waals surface area (Å²) >= 11 is 1.76. The van der Waals surface area contributed by atoms with Crippen molar-refractivity contribution in [2.24, 2.45) is 11.1 Å². The molecular formula is C13H26N2OS. The second kappa shape index (κ2) is 7.27. The summed E-state index contributed by atoms with van der Waals surface area (Å²) < 4.78 is 0. The Morgan fingerprint density at radius 2 is 2.06 bits per heavy atom. The lowest BCUT2D eigenvalue weighted by atomic mass is 9.71. The van der Waals surface area contributed by atoms with Crippen molar-refractivity contribution in [1.82, 2.24) is 5.32 Å². The van der Waals surface area contributed by atoms with Gasteiger partial charge in [-0.2, -0.15) is 11.8 Å². The summed E-state index contributed by atoms with van der Waals surface area (Å²) in [6.07, 6.45) is 8.66. The fourth-order valence-corrected chi connectivity index (χ4v) is 3.30. The predicted octanol–water partition coefficient (Wildman–Crippen LogP) is 2.15. The van der Waals surface area contributed by atoms with Gasteiger partial charge in [0.15, 0.2) is 0 Å². The molecule has 1 fully saturated rings. The normalized spacial score (nSPS) is 20.9. The van der Waals surface area contributed by atoms with Crippen molar-refractivity contribution in [2.75, 3.05) is 18.6 Å². The SMILES string of the molecule is CSCC(C)NC(=O)CC1(CN)CCCCC1. The van der Waals surface area contributed by atoms with Crippen LogP contribution in [0.2, 0.25) is 0 Å². The number of rotatable bonds is 6. The molecule has 0 radical (unpaired) electrons. The van der Waals surface area contributed by atoms with E-state index in [0.29, 0.717) is 13.0 Å². The average molecular weight is 258 g/mol. The zero-order valence-corrected chi connectivity index (χ0v) is 11.9. The third kappa shape index (κ3) is 4.88. The van der Waals surface area contributed by atoms with Crippen LogP contribution in [0.4, 0.5) is 0 Å². The number of nitrogens with one attached hydrogen (secondary N) is 1. The summed E-state index contributed by atoms with van der Waals surface area (Å²) in [6.45, 7) is 2.71. The Hall–Kier alpha value is -0.220. The molecule has 0 aromatic rings. The summed E-state index contributed by atoms with van der Waals surface area (Å²) in [7, 11) is 0. The molecule has 0 saturated heterocycles. The standard InChI is InChI=1S/C13H26N2OS/c1-11(9-17-2)15-12(16)8-13(10-14)6-4-3-5-7-13/h11H,3-10,14H2,1-2H3,(H,15,16). The fourth-order valence-electron chi connectivity index (χ4n) is 2.71. The molecule has 0 heterocycles. The monoisotopic (exact) mass is 258 g/mol. The van der Waals surface area contributed by atoms with Crippen molar-refractivity contribution >= 4 is 17.7 Å². The molecular weight excluding hydrogens is 232 g/mol. The number of carbonyl (C=O) groups is 1. The lowest BCUT2D eigenvalue weighted by Crippen LogP contribution is -2.41. The summed E-state index contributed by atoms with van der Waals surface area (Å²) in [6, 6.07) is 0.260. The third-order valence-corrected chi connectivity index (χ3v) is 4.54. The van der Waals surface area contributed by atoms with Crippen molar-refractivity contribution in [3.8, 4) is 0 Å². The maximum Gasteiger partial charge on any atom is 0.220 e. The van der Waals surface area contributed by atoms with Gasteiger partial charge in [0, 0.05) is 18.2 Å². The van der Waals surface area contributed by atoms with Crippen LogP contribution in [0.5, 0.6) is 0 Å². The van der Waals surface area contributed by atoms with Crippen LogP contribution in [0.15, 0.2) is 0 Å². The van der Waals surface area contributed by atoms with E-state index in [0.717, 1.165) is 18.6 Å². The number of hydrogen-bond acceptors (Lipinski definition) is 3. The van der Waals surface area contributed by atoms with Gasteiger partial charge in [0.05, 0.1) is 0 Å². The molecule has 1 aliphatic carbocycles. The van der Waals surface area contributed by atoms with E-state index in [9.17, 15) is 4.79 Å². The molecule has 0 aromatic heterocycles. The summed E-state index contributed by atoms with van der Waals surface area (Å²) in [4.78, 5) is 12.0. The minimum absolute atomic E-state index is 0.0847. The van der Waals surface area contributed by atoms with E-state index in [1.54, 1.807) is 11.8 Å². The Labute approximate surface area is 109 Å². The van der Waals surface area contributed by atoms with Crippen LogP contribution in [0.3, 0.4) is 0 Å². The molecule has 1 rings (SSSR count). The van der Waals surface area contributed by atoms with Gasteiger partial charge in [-0.1, -0.05) is 19.3 Å². The van der Waals surface area contributed by atoms with E-state index >= 15 is 0 Å². The molecule has 1 aliphatic rings. The van der Waals surface area contributed by atoms with Crippen LogP contribution in [0.1, 0.15) is 45.4 Å². The number of hydrogen-bond donors (Lipinski definition) is 2. The van der Waals surface area contributed by atoms with Gasteiger partial charge >= 0.3 is 0 Å². The Balaban J connectivity index is 2.41. The molecule has 0 aliphatic heterocycles. The van der Waals surface area contributed by atoms with Crippen LogP contribution >= 0.6 is 11.8 Å². The summed E-state index contributed by atoms with van der Waals surface area (Å²) in [5.74, 6) is 1.15. The maximum absolute atomic E-state index is 12.0. The Bertz CT molecular complexity index is 240. The third-order valence-electron chi connectivity index (χ3n) is 3.71. The molecule has 0 bridgehead atoms. The van der Waals surface area contributed by atoms with Crippen molar-refractivity contribution in [3.63, 3.8) is 0 Å². The van der Waals surface area contributed by atoms with E-state index in [1.165, 1.54) is 19.3 Å². The van der Waals surface area contributed by atoms with E-state index < -0.39 is 0 Å². The second-order valence-electron chi connectivity index (χ2n) is 5.37. The molecule has 17 heavy (non-hydrogen) atoms. The Kier molecular flexibility index (Phi) is 6.34. The molecule has 3 N–H and O–H groups in total. The molecule has 100 valence electrons. The first-order valence-electron chi connectivity index (χ1n) is 6.60. The maximum atomic E-state index is 12.0. The Morgan fingerprint density at radius 1 is 1.41 bits per heavy atom. The lowest BCUT2D eigenvalue weighted by Gasteiger charge is -2.36. The molecule has 1 saturated carbocycles. The largest absolute Gasteiger partial charge is 0.353 e. The van der Waals surface area contributed by atoms with Crippen molar-refractivity contribution < 1.29 is 4.79 Å². The smallest absolute Gasteiger partial charge is 0.220 e. The minimum atomic E-state index is 0.0847. The van der Waals surface area contributed by atoms with Gasteiger partial charge in [-0.15, -0.1) is 0 Å². The minimum Gasteiger partial charge on any atom is -0.353 e. The van der Waals surface area contributed by atoms with Gasteiger partial charge in [0.25, 0.3) is 0 Å². The van der Waals surface area contributed by atoms with E-state index in [4.69, 9.17) is 5.73 Å². The fraction of sp³-hybridized carbons (Fsp3) is 0.923. The van der Waals surface area contributed by atoms with Crippen LogP contribution in [0, 0.1) is 5.41 Å². The zero-order chi connectivity index (χ0) is 12.7. The highest BCUT2D eigenvalue weighted by Gasteiger charge is 2.33.